The summed E-state index contributed by atoms with van der Waals surface area (Å²) in [5.41, 5.74) is 13.4. The summed E-state index contributed by atoms with van der Waals surface area (Å²) in [6.07, 6.45) is 2.79. The molecule has 0 radical (unpaired) electrons. The van der Waals surface area contributed by atoms with E-state index in [1.54, 1.807) is 0 Å². The predicted octanol–water partition coefficient (Wildman–Crippen LogP) is 5.56. The van der Waals surface area contributed by atoms with E-state index in [-0.39, 0.29) is 0 Å². The van der Waals surface area contributed by atoms with Crippen molar-refractivity contribution in [2.24, 2.45) is 0 Å². The Bertz CT molecular complexity index is 1420. The van der Waals surface area contributed by atoms with Gasteiger partial charge in [-0.15, -0.1) is 0 Å². The number of hydrogen-bond donors (Lipinski definition) is 2. The molecule has 188 valence electrons. The molecular formula is C27H33N7OS. The van der Waals surface area contributed by atoms with E-state index >= 15 is 0 Å². The van der Waals surface area contributed by atoms with Crippen molar-refractivity contribution in [3.63, 3.8) is 0 Å². The molecule has 36 heavy (non-hydrogen) atoms. The molecule has 1 aromatic carbocycles. The maximum absolute atomic E-state index is 6.35. The van der Waals surface area contributed by atoms with Crippen LogP contribution in [-0.2, 0) is 13.0 Å². The molecule has 0 spiro atoms. The fourth-order valence-electron chi connectivity index (χ4n) is 4.93. The van der Waals surface area contributed by atoms with Crippen LogP contribution in [0.15, 0.2) is 24.4 Å². The number of aryl methyl sites for hydroxylation is 2. The van der Waals surface area contributed by atoms with Gasteiger partial charge in [0, 0.05) is 41.7 Å². The van der Waals surface area contributed by atoms with Crippen LogP contribution in [0.3, 0.4) is 0 Å². The van der Waals surface area contributed by atoms with Crippen LogP contribution < -0.4 is 20.7 Å². The molecule has 8 nitrogen and oxygen atoms in total. The number of thiazole rings is 1. The van der Waals surface area contributed by atoms with Crippen molar-refractivity contribution in [1.82, 2.24) is 19.9 Å². The Balaban J connectivity index is 1.59. The van der Waals surface area contributed by atoms with Crippen LogP contribution in [0.1, 0.15) is 56.0 Å². The molecule has 1 aliphatic rings. The second-order valence-electron chi connectivity index (χ2n) is 9.40. The minimum Gasteiger partial charge on any atom is -0.491 e. The standard InChI is InChI=1S/C27H33N7OS/c1-6-17-10-18(19-12-21-25(30-13-19)36-26(28)32-21)11-20-14-34(8-9-35-23(17)20)24-22(15(3)4)16(5)31-27(33-24)29-7-2/h10-13,15H,6-9,14H2,1-5H3,(H2,28,32)(H,29,31,33). The Hall–Kier alpha value is -3.46. The fourth-order valence-corrected chi connectivity index (χ4v) is 5.58. The van der Waals surface area contributed by atoms with E-state index in [1.807, 2.05) is 6.20 Å². The summed E-state index contributed by atoms with van der Waals surface area (Å²) in [6, 6.07) is 6.50. The van der Waals surface area contributed by atoms with E-state index in [0.29, 0.717) is 30.1 Å². The van der Waals surface area contributed by atoms with Gasteiger partial charge in [0.1, 0.15) is 28.5 Å². The summed E-state index contributed by atoms with van der Waals surface area (Å²) in [7, 11) is 0. The highest BCUT2D eigenvalue weighted by molar-refractivity contribution is 7.21. The number of aromatic nitrogens is 4. The zero-order valence-electron chi connectivity index (χ0n) is 21.6. The molecule has 4 aromatic rings. The Morgan fingerprint density at radius 2 is 1.97 bits per heavy atom. The molecule has 1 aliphatic heterocycles. The van der Waals surface area contributed by atoms with Gasteiger partial charge in [-0.05, 0) is 55.5 Å². The summed E-state index contributed by atoms with van der Waals surface area (Å²) in [6.45, 7) is 13.5. The highest BCUT2D eigenvalue weighted by Gasteiger charge is 2.25. The fraction of sp³-hybridized carbons (Fsp3) is 0.407. The second-order valence-corrected chi connectivity index (χ2v) is 10.4. The minimum absolute atomic E-state index is 0.306. The summed E-state index contributed by atoms with van der Waals surface area (Å²) in [5.74, 6) is 2.94. The number of benzene rings is 1. The SMILES string of the molecule is CCNc1nc(C)c(C(C)C)c(N2CCOc3c(CC)cc(-c4cnc5sc(N)nc5c4)cc3C2)n1. The summed E-state index contributed by atoms with van der Waals surface area (Å²) in [5, 5.41) is 3.83. The van der Waals surface area contributed by atoms with Crippen LogP contribution in [0.5, 0.6) is 5.75 Å². The van der Waals surface area contributed by atoms with E-state index in [9.17, 15) is 0 Å². The van der Waals surface area contributed by atoms with Gasteiger partial charge in [-0.2, -0.15) is 4.98 Å². The molecule has 0 atom stereocenters. The van der Waals surface area contributed by atoms with Gasteiger partial charge in [0.2, 0.25) is 5.95 Å². The zero-order chi connectivity index (χ0) is 25.4. The average Bonchev–Trinajstić information content (AvgIpc) is 3.08. The molecule has 0 amide bonds. The molecule has 0 fully saturated rings. The van der Waals surface area contributed by atoms with Crippen molar-refractivity contribution in [3.8, 4) is 16.9 Å². The molecule has 0 saturated heterocycles. The molecule has 0 aliphatic carbocycles. The number of nitrogens with two attached hydrogens (primary N) is 1. The van der Waals surface area contributed by atoms with Crippen LogP contribution in [-0.4, -0.2) is 39.6 Å². The van der Waals surface area contributed by atoms with E-state index in [4.69, 9.17) is 20.4 Å². The zero-order valence-corrected chi connectivity index (χ0v) is 22.4. The first-order chi connectivity index (χ1) is 17.4. The number of ether oxygens (including phenoxy) is 1. The molecule has 9 heteroatoms. The lowest BCUT2D eigenvalue weighted by Crippen LogP contribution is -2.28. The number of nitrogens with zero attached hydrogens (tertiary/aromatic N) is 5. The van der Waals surface area contributed by atoms with E-state index in [2.05, 4.69) is 73.0 Å². The third-order valence-electron chi connectivity index (χ3n) is 6.52. The Morgan fingerprint density at radius 3 is 2.72 bits per heavy atom. The van der Waals surface area contributed by atoms with Gasteiger partial charge in [0.25, 0.3) is 0 Å². The Morgan fingerprint density at radius 1 is 1.14 bits per heavy atom. The van der Waals surface area contributed by atoms with Crippen LogP contribution in [0, 0.1) is 6.92 Å². The van der Waals surface area contributed by atoms with Crippen LogP contribution in [0.25, 0.3) is 21.5 Å². The predicted molar refractivity (Wildman–Crippen MR) is 148 cm³/mol. The van der Waals surface area contributed by atoms with Crippen molar-refractivity contribution in [2.75, 3.05) is 35.6 Å². The number of fused-ring (bicyclic) bond motifs is 2. The van der Waals surface area contributed by atoms with Gasteiger partial charge < -0.3 is 20.7 Å². The summed E-state index contributed by atoms with van der Waals surface area (Å²) in [4.78, 5) is 21.9. The molecule has 3 aromatic heterocycles. The van der Waals surface area contributed by atoms with Gasteiger partial charge in [0.05, 0.1) is 6.54 Å². The number of hydrogen-bond acceptors (Lipinski definition) is 9. The number of nitrogens with one attached hydrogen (secondary N) is 1. The first-order valence-corrected chi connectivity index (χ1v) is 13.4. The lowest BCUT2D eigenvalue weighted by Gasteiger charge is -2.27. The summed E-state index contributed by atoms with van der Waals surface area (Å²) < 4.78 is 6.35. The Kier molecular flexibility index (Phi) is 6.66. The van der Waals surface area contributed by atoms with Crippen molar-refractivity contribution in [2.45, 2.75) is 53.5 Å². The first-order valence-electron chi connectivity index (χ1n) is 12.6. The molecule has 3 N–H and O–H groups in total. The monoisotopic (exact) mass is 503 g/mol. The third kappa shape index (κ3) is 4.55. The molecule has 0 saturated carbocycles. The van der Waals surface area contributed by atoms with Gasteiger partial charge in [-0.25, -0.2) is 15.0 Å². The normalized spacial score (nSPS) is 13.6. The van der Waals surface area contributed by atoms with Gasteiger partial charge in [-0.3, -0.25) is 0 Å². The van der Waals surface area contributed by atoms with Crippen molar-refractivity contribution < 1.29 is 4.74 Å². The second kappa shape index (κ2) is 9.89. The van der Waals surface area contributed by atoms with E-state index < -0.39 is 0 Å². The third-order valence-corrected chi connectivity index (χ3v) is 7.33. The van der Waals surface area contributed by atoms with Gasteiger partial charge in [-0.1, -0.05) is 32.1 Å². The van der Waals surface area contributed by atoms with Crippen molar-refractivity contribution in [1.29, 1.82) is 0 Å². The lowest BCUT2D eigenvalue weighted by atomic mass is 9.97. The van der Waals surface area contributed by atoms with Crippen LogP contribution in [0.2, 0.25) is 0 Å². The maximum atomic E-state index is 6.35. The van der Waals surface area contributed by atoms with Crippen molar-refractivity contribution >= 4 is 38.6 Å². The van der Waals surface area contributed by atoms with Crippen LogP contribution in [0.4, 0.5) is 16.9 Å². The topological polar surface area (TPSA) is 102 Å². The Labute approximate surface area is 216 Å². The van der Waals surface area contributed by atoms with Crippen molar-refractivity contribution in [3.05, 3.63) is 46.8 Å². The van der Waals surface area contributed by atoms with E-state index in [1.165, 1.54) is 22.5 Å². The number of rotatable bonds is 6. The lowest BCUT2D eigenvalue weighted by molar-refractivity contribution is 0.328. The average molecular weight is 504 g/mol. The first kappa shape index (κ1) is 24.2. The highest BCUT2D eigenvalue weighted by atomic mass is 32.1. The molecular weight excluding hydrogens is 470 g/mol. The molecule has 0 bridgehead atoms. The number of anilines is 3. The largest absolute Gasteiger partial charge is 0.491 e. The highest BCUT2D eigenvalue weighted by Crippen LogP contribution is 2.37. The van der Waals surface area contributed by atoms with Gasteiger partial charge >= 0.3 is 0 Å². The molecule has 5 rings (SSSR count). The minimum atomic E-state index is 0.306. The number of pyridine rings is 1. The summed E-state index contributed by atoms with van der Waals surface area (Å²) >= 11 is 1.41. The smallest absolute Gasteiger partial charge is 0.224 e. The van der Waals surface area contributed by atoms with Crippen LogP contribution >= 0.6 is 11.3 Å². The van der Waals surface area contributed by atoms with Gasteiger partial charge in [0.15, 0.2) is 5.13 Å². The maximum Gasteiger partial charge on any atom is 0.224 e. The van der Waals surface area contributed by atoms with E-state index in [0.717, 1.165) is 63.8 Å². The number of nitrogen functional groups attached to an aromatic ring is 1. The molecule has 4 heterocycles. The molecule has 0 unspecified atom stereocenters. The quantitative estimate of drug-likeness (QED) is 0.353.